The summed E-state index contributed by atoms with van der Waals surface area (Å²) in [5.74, 6) is -2.83. The number of hydrogen-bond donors (Lipinski definition) is 2. The first-order valence-electron chi connectivity index (χ1n) is 17.9. The number of nitrogens with zero attached hydrogens (tertiary/aromatic N) is 2. The number of Topliss-reactive ketones (excluding diaryl/α,β-unsaturated/α-hetero) is 2. The number of aromatic nitrogens is 2. The van der Waals surface area contributed by atoms with Crippen LogP contribution in [0.25, 0.3) is 21.8 Å². The summed E-state index contributed by atoms with van der Waals surface area (Å²) in [5, 5.41) is 15.3. The number of ether oxygens (including phenoxy) is 1. The van der Waals surface area contributed by atoms with Gasteiger partial charge in [-0.05, 0) is 86.3 Å². The van der Waals surface area contributed by atoms with E-state index in [4.69, 9.17) is 39.5 Å². The van der Waals surface area contributed by atoms with E-state index in [1.807, 2.05) is 64.6 Å². The molecule has 4 aromatic carbocycles. The number of ketones is 2. The number of halogens is 3. The van der Waals surface area contributed by atoms with Gasteiger partial charge >= 0.3 is 5.97 Å². The molecule has 0 unspecified atom stereocenters. The Hall–Kier alpha value is -5.09. The normalized spacial score (nSPS) is 13.0. The highest BCUT2D eigenvalue weighted by molar-refractivity contribution is 6.45. The number of carbonyl (C=O) groups excluding carboxylic acids is 3. The molecule has 2 heterocycles. The minimum atomic E-state index is -1.48. The molecular formula is C43H40Cl3N3O6. The quantitative estimate of drug-likeness (QED) is 0.105. The summed E-state index contributed by atoms with van der Waals surface area (Å²) in [4.78, 5) is 49.4. The van der Waals surface area contributed by atoms with Crippen LogP contribution in [-0.2, 0) is 22.7 Å². The number of benzene rings is 4. The van der Waals surface area contributed by atoms with Gasteiger partial charge in [0.15, 0.2) is 0 Å². The Bertz CT molecular complexity index is 2430. The highest BCUT2D eigenvalue weighted by Crippen LogP contribution is 2.32. The van der Waals surface area contributed by atoms with Crippen molar-refractivity contribution in [2.45, 2.75) is 65.1 Å². The number of nitrogens with one attached hydrogen (secondary N) is 1. The molecule has 0 bridgehead atoms. The molecule has 0 spiro atoms. The molecule has 55 heavy (non-hydrogen) atoms. The van der Waals surface area contributed by atoms with Gasteiger partial charge in [0.2, 0.25) is 0 Å². The van der Waals surface area contributed by atoms with Crippen molar-refractivity contribution in [3.8, 4) is 5.75 Å². The van der Waals surface area contributed by atoms with Crippen molar-refractivity contribution in [1.29, 1.82) is 0 Å². The van der Waals surface area contributed by atoms with Crippen molar-refractivity contribution in [1.82, 2.24) is 14.5 Å². The average molecular weight is 801 g/mol. The van der Waals surface area contributed by atoms with Crippen molar-refractivity contribution < 1.29 is 29.0 Å². The molecule has 0 aliphatic heterocycles. The molecule has 284 valence electrons. The molecule has 1 saturated carbocycles. The van der Waals surface area contributed by atoms with E-state index in [1.165, 1.54) is 13.5 Å². The van der Waals surface area contributed by atoms with E-state index in [-0.39, 0.29) is 11.6 Å². The standard InChI is InChI=1S/C24H24Cl2N2O2.C19H16ClNO4/c1-15-22(23(29)24(30)27-18-7-3-2-4-8-18)19-9-5-6-10-21(19)28(15)14-16-11-12-17(25)13-20(16)26;1-11-17(18(22)19(23)24)15-9-14(25-2)7-8-16(15)21(11)10-12-3-5-13(20)6-4-12/h5-6,9-13,18H,2-4,7-8,14H2,1H3,(H,27,30);3-9H,10H2,1-2H3,(H,23,24). The lowest BCUT2D eigenvalue weighted by Gasteiger charge is -2.22. The van der Waals surface area contributed by atoms with Crippen LogP contribution in [-0.4, -0.2) is 50.8 Å². The second-order valence-corrected chi connectivity index (χ2v) is 14.9. The molecule has 0 atom stereocenters. The van der Waals surface area contributed by atoms with Gasteiger partial charge in [0, 0.05) is 67.4 Å². The minimum absolute atomic E-state index is 0.0942. The summed E-state index contributed by atoms with van der Waals surface area (Å²) in [6.07, 6.45) is 5.27. The zero-order valence-electron chi connectivity index (χ0n) is 30.6. The summed E-state index contributed by atoms with van der Waals surface area (Å²) in [5.41, 5.74) is 5.58. The minimum Gasteiger partial charge on any atom is -0.497 e. The molecule has 1 aliphatic carbocycles. The molecule has 1 aliphatic rings. The molecule has 6 aromatic rings. The molecule has 0 radical (unpaired) electrons. The zero-order valence-corrected chi connectivity index (χ0v) is 32.9. The third-order valence-corrected chi connectivity index (χ3v) is 11.0. The van der Waals surface area contributed by atoms with E-state index >= 15 is 0 Å². The predicted octanol–water partition coefficient (Wildman–Crippen LogP) is 9.86. The van der Waals surface area contributed by atoms with Crippen LogP contribution in [0, 0.1) is 13.8 Å². The predicted molar refractivity (Wildman–Crippen MR) is 217 cm³/mol. The maximum atomic E-state index is 13.2. The van der Waals surface area contributed by atoms with Gasteiger partial charge in [-0.25, -0.2) is 4.79 Å². The molecule has 2 N–H and O–H groups in total. The fourth-order valence-corrected chi connectivity index (χ4v) is 7.91. The summed E-state index contributed by atoms with van der Waals surface area (Å²) in [7, 11) is 1.53. The van der Waals surface area contributed by atoms with E-state index in [9.17, 15) is 24.3 Å². The number of rotatable bonds is 10. The largest absolute Gasteiger partial charge is 0.497 e. The van der Waals surface area contributed by atoms with Crippen LogP contribution in [0.5, 0.6) is 5.75 Å². The fraction of sp³-hybridized carbons (Fsp3) is 0.256. The van der Waals surface area contributed by atoms with Gasteiger partial charge in [-0.3, -0.25) is 14.4 Å². The number of aliphatic carboxylic acids is 1. The number of hydrogen-bond acceptors (Lipinski definition) is 5. The van der Waals surface area contributed by atoms with Crippen LogP contribution >= 0.6 is 34.8 Å². The van der Waals surface area contributed by atoms with Crippen LogP contribution in [0.15, 0.2) is 84.9 Å². The first kappa shape index (κ1) is 39.6. The monoisotopic (exact) mass is 799 g/mol. The van der Waals surface area contributed by atoms with Crippen molar-refractivity contribution in [3.63, 3.8) is 0 Å². The van der Waals surface area contributed by atoms with Gasteiger partial charge in [0.05, 0.1) is 18.2 Å². The summed E-state index contributed by atoms with van der Waals surface area (Å²) < 4.78 is 9.17. The molecule has 12 heteroatoms. The van der Waals surface area contributed by atoms with Gasteiger partial charge in [0.1, 0.15) is 5.75 Å². The summed E-state index contributed by atoms with van der Waals surface area (Å²) in [6.45, 7) is 4.61. The van der Waals surface area contributed by atoms with Crippen molar-refractivity contribution >= 4 is 80.1 Å². The number of para-hydroxylation sites is 1. The van der Waals surface area contributed by atoms with Gasteiger partial charge in [0.25, 0.3) is 17.5 Å². The van der Waals surface area contributed by atoms with Crippen molar-refractivity contribution in [2.24, 2.45) is 0 Å². The summed E-state index contributed by atoms with van der Waals surface area (Å²) >= 11 is 18.3. The Morgan fingerprint density at radius 1 is 0.727 bits per heavy atom. The number of carboxylic acid groups (broad SMARTS) is 1. The zero-order chi connectivity index (χ0) is 39.4. The number of carboxylic acids is 1. The second-order valence-electron chi connectivity index (χ2n) is 13.6. The van der Waals surface area contributed by atoms with E-state index in [2.05, 4.69) is 5.32 Å². The van der Waals surface area contributed by atoms with E-state index in [0.29, 0.717) is 50.6 Å². The smallest absolute Gasteiger partial charge is 0.377 e. The molecule has 1 amide bonds. The molecular weight excluding hydrogens is 761 g/mol. The highest BCUT2D eigenvalue weighted by Gasteiger charge is 2.28. The molecule has 1 fully saturated rings. The first-order chi connectivity index (χ1) is 26.4. The van der Waals surface area contributed by atoms with E-state index in [1.54, 1.807) is 43.3 Å². The first-order valence-corrected chi connectivity index (χ1v) is 19.1. The third-order valence-electron chi connectivity index (χ3n) is 10.2. The topological polar surface area (TPSA) is 120 Å². The van der Waals surface area contributed by atoms with Gasteiger partial charge in [-0.15, -0.1) is 0 Å². The van der Waals surface area contributed by atoms with E-state index < -0.39 is 23.4 Å². The molecule has 7 rings (SSSR count). The third kappa shape index (κ3) is 8.59. The lowest BCUT2D eigenvalue weighted by molar-refractivity contribution is -0.131. The Labute approximate surface area is 333 Å². The van der Waals surface area contributed by atoms with Crippen LogP contribution < -0.4 is 10.1 Å². The summed E-state index contributed by atoms with van der Waals surface area (Å²) in [6, 6.07) is 25.9. The maximum absolute atomic E-state index is 13.2. The maximum Gasteiger partial charge on any atom is 0.377 e. The SMILES string of the molecule is COc1ccc2c(c1)c(C(=O)C(=O)O)c(C)n2Cc1ccc(Cl)cc1.Cc1c(C(=O)C(=O)NC2CCCCC2)c2ccccc2n1Cc1ccc(Cl)cc1Cl. The van der Waals surface area contributed by atoms with Crippen molar-refractivity contribution in [3.05, 3.63) is 134 Å². The lowest BCUT2D eigenvalue weighted by Crippen LogP contribution is -2.40. The average Bonchev–Trinajstić information content (AvgIpc) is 3.61. The number of fused-ring (bicyclic) bond motifs is 2. The molecule has 0 saturated heterocycles. The lowest BCUT2D eigenvalue weighted by atomic mass is 9.95. The van der Waals surface area contributed by atoms with Crippen molar-refractivity contribution in [2.75, 3.05) is 7.11 Å². The molecule has 9 nitrogen and oxygen atoms in total. The Morgan fingerprint density at radius 2 is 1.35 bits per heavy atom. The Balaban J connectivity index is 0.000000190. The van der Waals surface area contributed by atoms with Crippen LogP contribution in [0.2, 0.25) is 15.1 Å². The van der Waals surface area contributed by atoms with E-state index in [0.717, 1.165) is 58.9 Å². The van der Waals surface area contributed by atoms with Crippen LogP contribution in [0.1, 0.15) is 75.3 Å². The number of carbonyl (C=O) groups is 4. The number of methoxy groups -OCH3 is 1. The molecule has 2 aromatic heterocycles. The Morgan fingerprint density at radius 3 is 2.00 bits per heavy atom. The van der Waals surface area contributed by atoms with Gasteiger partial charge in [-0.1, -0.05) is 90.5 Å². The Kier molecular flexibility index (Phi) is 12.3. The second kappa shape index (κ2) is 17.1. The van der Waals surface area contributed by atoms with Crippen LogP contribution in [0.4, 0.5) is 0 Å². The fourth-order valence-electron chi connectivity index (χ4n) is 7.31. The van der Waals surface area contributed by atoms with Gasteiger partial charge in [-0.2, -0.15) is 0 Å². The highest BCUT2D eigenvalue weighted by atomic mass is 35.5. The number of amides is 1. The van der Waals surface area contributed by atoms with Crippen LogP contribution in [0.3, 0.4) is 0 Å². The van der Waals surface area contributed by atoms with Gasteiger partial charge < -0.3 is 24.3 Å².